The third kappa shape index (κ3) is 5.11. The lowest BCUT2D eigenvalue weighted by atomic mass is 10.2. The highest BCUT2D eigenvalue weighted by atomic mass is 32.2. The van der Waals surface area contributed by atoms with Crippen molar-refractivity contribution >= 4 is 38.6 Å². The smallest absolute Gasteiger partial charge is 0.262 e. The van der Waals surface area contributed by atoms with E-state index in [0.717, 1.165) is 16.2 Å². The van der Waals surface area contributed by atoms with Gasteiger partial charge in [-0.2, -0.15) is 0 Å². The van der Waals surface area contributed by atoms with Gasteiger partial charge in [-0.25, -0.2) is 13.1 Å². The monoisotopic (exact) mass is 373 g/mol. The van der Waals surface area contributed by atoms with Crippen LogP contribution in [-0.4, -0.2) is 26.9 Å². The van der Waals surface area contributed by atoms with E-state index in [1.807, 2.05) is 24.4 Å². The standard InChI is InChI=1S/C14H19N3O3S3/c1-10(15)4-6-16-14(18)13-12(5-8-22-13)23(19,20)17-9-11-3-2-7-21-11/h2-3,5,7-8,10,17H,4,6,9,15H2,1H3,(H,16,18). The number of hydrogen-bond acceptors (Lipinski definition) is 6. The Hall–Kier alpha value is -1.26. The molecule has 9 heteroatoms. The summed E-state index contributed by atoms with van der Waals surface area (Å²) >= 11 is 2.58. The summed E-state index contributed by atoms with van der Waals surface area (Å²) in [4.78, 5) is 13.3. The number of sulfonamides is 1. The topological polar surface area (TPSA) is 101 Å². The molecular formula is C14H19N3O3S3. The fourth-order valence-corrected chi connectivity index (χ4v) is 4.91. The molecule has 0 bridgehead atoms. The minimum absolute atomic E-state index is 0.0114. The molecular weight excluding hydrogens is 354 g/mol. The Morgan fingerprint density at radius 3 is 2.74 bits per heavy atom. The zero-order valence-electron chi connectivity index (χ0n) is 12.6. The van der Waals surface area contributed by atoms with Crippen molar-refractivity contribution in [1.29, 1.82) is 0 Å². The number of nitrogens with two attached hydrogens (primary N) is 1. The van der Waals surface area contributed by atoms with Crippen molar-refractivity contribution in [2.24, 2.45) is 5.73 Å². The normalized spacial score (nSPS) is 13.0. The fourth-order valence-electron chi connectivity index (χ4n) is 1.83. The van der Waals surface area contributed by atoms with Crippen molar-refractivity contribution in [3.05, 3.63) is 38.7 Å². The van der Waals surface area contributed by atoms with Crippen LogP contribution in [0.2, 0.25) is 0 Å². The van der Waals surface area contributed by atoms with E-state index in [4.69, 9.17) is 5.73 Å². The number of carbonyl (C=O) groups is 1. The zero-order chi connectivity index (χ0) is 16.9. The third-order valence-electron chi connectivity index (χ3n) is 3.03. The average Bonchev–Trinajstić information content (AvgIpc) is 3.16. The van der Waals surface area contributed by atoms with Gasteiger partial charge in [-0.3, -0.25) is 4.79 Å². The molecule has 23 heavy (non-hydrogen) atoms. The first-order chi connectivity index (χ1) is 10.9. The van der Waals surface area contributed by atoms with Gasteiger partial charge in [0, 0.05) is 24.0 Å². The number of rotatable bonds is 8. The van der Waals surface area contributed by atoms with Gasteiger partial charge in [-0.05, 0) is 36.2 Å². The van der Waals surface area contributed by atoms with E-state index in [1.54, 1.807) is 5.38 Å². The molecule has 4 N–H and O–H groups in total. The van der Waals surface area contributed by atoms with Crippen LogP contribution in [0.5, 0.6) is 0 Å². The van der Waals surface area contributed by atoms with Crippen LogP contribution in [0, 0.1) is 0 Å². The van der Waals surface area contributed by atoms with Crippen LogP contribution < -0.4 is 15.8 Å². The van der Waals surface area contributed by atoms with E-state index in [9.17, 15) is 13.2 Å². The predicted octanol–water partition coefficient (Wildman–Crippen LogP) is 1.76. The fraction of sp³-hybridized carbons (Fsp3) is 0.357. The molecule has 6 nitrogen and oxygen atoms in total. The molecule has 0 saturated carbocycles. The summed E-state index contributed by atoms with van der Waals surface area (Å²) in [5.41, 5.74) is 5.63. The van der Waals surface area contributed by atoms with Crippen LogP contribution in [0.3, 0.4) is 0 Å². The Labute approximate surface area is 143 Å². The molecule has 1 amide bonds. The largest absolute Gasteiger partial charge is 0.351 e. The molecule has 0 aliphatic heterocycles. The van der Waals surface area contributed by atoms with E-state index < -0.39 is 15.9 Å². The van der Waals surface area contributed by atoms with E-state index in [1.165, 1.54) is 17.4 Å². The molecule has 0 radical (unpaired) electrons. The highest BCUT2D eigenvalue weighted by Crippen LogP contribution is 2.22. The maximum absolute atomic E-state index is 12.4. The van der Waals surface area contributed by atoms with Gasteiger partial charge in [-0.1, -0.05) is 6.07 Å². The second kappa shape index (κ2) is 8.02. The van der Waals surface area contributed by atoms with E-state index in [0.29, 0.717) is 13.0 Å². The maximum Gasteiger partial charge on any atom is 0.262 e. The molecule has 0 aliphatic rings. The highest BCUT2D eigenvalue weighted by Gasteiger charge is 2.23. The van der Waals surface area contributed by atoms with Crippen molar-refractivity contribution in [3.8, 4) is 0 Å². The third-order valence-corrected chi connectivity index (χ3v) is 6.39. The summed E-state index contributed by atoms with van der Waals surface area (Å²) in [6, 6.07) is 5.13. The second-order valence-corrected chi connectivity index (χ2v) is 8.72. The predicted molar refractivity (Wildman–Crippen MR) is 93.3 cm³/mol. The van der Waals surface area contributed by atoms with Gasteiger partial charge in [0.1, 0.15) is 9.77 Å². The molecule has 2 rings (SSSR count). The Morgan fingerprint density at radius 1 is 1.30 bits per heavy atom. The van der Waals surface area contributed by atoms with Crippen LogP contribution in [0.25, 0.3) is 0 Å². The van der Waals surface area contributed by atoms with Crippen molar-refractivity contribution in [2.75, 3.05) is 6.54 Å². The lowest BCUT2D eigenvalue weighted by Crippen LogP contribution is -2.30. The first-order valence-corrected chi connectivity index (χ1v) is 10.3. The lowest BCUT2D eigenvalue weighted by molar-refractivity contribution is 0.0954. The Balaban J connectivity index is 2.05. The summed E-state index contributed by atoms with van der Waals surface area (Å²) in [5.74, 6) is -0.392. The Kier molecular flexibility index (Phi) is 6.31. The van der Waals surface area contributed by atoms with Crippen molar-refractivity contribution < 1.29 is 13.2 Å². The molecule has 1 unspecified atom stereocenters. The second-order valence-electron chi connectivity index (χ2n) is 5.04. The molecule has 2 aromatic rings. The molecule has 1 atom stereocenters. The number of thiophene rings is 2. The van der Waals surface area contributed by atoms with Gasteiger partial charge in [0.15, 0.2) is 0 Å². The Morgan fingerprint density at radius 2 is 2.09 bits per heavy atom. The molecule has 2 heterocycles. The molecule has 0 spiro atoms. The van der Waals surface area contributed by atoms with E-state index in [2.05, 4.69) is 10.0 Å². The molecule has 2 aromatic heterocycles. The van der Waals surface area contributed by atoms with Gasteiger partial charge < -0.3 is 11.1 Å². The van der Waals surface area contributed by atoms with Crippen LogP contribution in [0.15, 0.2) is 33.9 Å². The summed E-state index contributed by atoms with van der Waals surface area (Å²) in [5, 5.41) is 6.18. The summed E-state index contributed by atoms with van der Waals surface area (Å²) in [6.45, 7) is 2.47. The van der Waals surface area contributed by atoms with Gasteiger partial charge in [0.05, 0.1) is 0 Å². The van der Waals surface area contributed by atoms with E-state index in [-0.39, 0.29) is 22.4 Å². The van der Waals surface area contributed by atoms with Crippen LogP contribution in [0.4, 0.5) is 0 Å². The molecule has 0 saturated heterocycles. The maximum atomic E-state index is 12.4. The number of carbonyl (C=O) groups excluding carboxylic acids is 1. The summed E-state index contributed by atoms with van der Waals surface area (Å²) in [7, 11) is -3.73. The van der Waals surface area contributed by atoms with Gasteiger partial charge >= 0.3 is 0 Å². The first kappa shape index (κ1) is 18.1. The highest BCUT2D eigenvalue weighted by molar-refractivity contribution is 7.89. The van der Waals surface area contributed by atoms with Gasteiger partial charge in [-0.15, -0.1) is 22.7 Å². The first-order valence-electron chi connectivity index (χ1n) is 7.03. The van der Waals surface area contributed by atoms with Gasteiger partial charge in [0.2, 0.25) is 10.0 Å². The number of nitrogens with one attached hydrogen (secondary N) is 2. The number of hydrogen-bond donors (Lipinski definition) is 3. The molecule has 0 aliphatic carbocycles. The average molecular weight is 374 g/mol. The molecule has 0 aromatic carbocycles. The molecule has 0 fully saturated rings. The van der Waals surface area contributed by atoms with Crippen LogP contribution in [0.1, 0.15) is 27.9 Å². The zero-order valence-corrected chi connectivity index (χ0v) is 15.1. The van der Waals surface area contributed by atoms with Crippen molar-refractivity contribution in [3.63, 3.8) is 0 Å². The van der Waals surface area contributed by atoms with Gasteiger partial charge in [0.25, 0.3) is 5.91 Å². The van der Waals surface area contributed by atoms with Crippen LogP contribution >= 0.6 is 22.7 Å². The minimum atomic E-state index is -3.73. The minimum Gasteiger partial charge on any atom is -0.351 e. The quantitative estimate of drug-likeness (QED) is 0.656. The molecule has 126 valence electrons. The number of amides is 1. The Bertz CT molecular complexity index is 736. The lowest BCUT2D eigenvalue weighted by Gasteiger charge is -2.09. The summed E-state index contributed by atoms with van der Waals surface area (Å²) < 4.78 is 27.3. The SMILES string of the molecule is CC(N)CCNC(=O)c1sccc1S(=O)(=O)NCc1cccs1. The summed E-state index contributed by atoms with van der Waals surface area (Å²) in [6.07, 6.45) is 0.635. The van der Waals surface area contributed by atoms with Crippen LogP contribution in [-0.2, 0) is 16.6 Å². The van der Waals surface area contributed by atoms with Crippen molar-refractivity contribution in [2.45, 2.75) is 30.8 Å². The van der Waals surface area contributed by atoms with Crippen molar-refractivity contribution in [1.82, 2.24) is 10.0 Å². The van der Waals surface area contributed by atoms with E-state index >= 15 is 0 Å².